The Labute approximate surface area is 105 Å². The Hall–Kier alpha value is -1.16. The van der Waals surface area contributed by atoms with Gasteiger partial charge in [-0.25, -0.2) is 4.79 Å². The number of hydrogen-bond acceptors (Lipinski definition) is 3. The van der Waals surface area contributed by atoms with Crippen LogP contribution in [-0.2, 0) is 0 Å². The molecule has 1 aromatic carbocycles. The van der Waals surface area contributed by atoms with Crippen molar-refractivity contribution in [1.82, 2.24) is 0 Å². The largest absolute Gasteiger partial charge is 0.478 e. The zero-order valence-corrected chi connectivity index (χ0v) is 10.3. The highest BCUT2D eigenvalue weighted by Crippen LogP contribution is 2.48. The molecule has 1 spiro atoms. The summed E-state index contributed by atoms with van der Waals surface area (Å²) in [6, 6.07) is 5.35. The summed E-state index contributed by atoms with van der Waals surface area (Å²) in [5.74, 6) is 0.256. The highest BCUT2D eigenvalue weighted by molar-refractivity contribution is 7.99. The first kappa shape index (κ1) is 11.0. The van der Waals surface area contributed by atoms with E-state index < -0.39 is 5.97 Å². The van der Waals surface area contributed by atoms with Gasteiger partial charge in [0.15, 0.2) is 0 Å². The van der Waals surface area contributed by atoms with E-state index in [1.807, 2.05) is 6.07 Å². The maximum absolute atomic E-state index is 10.9. The fourth-order valence-electron chi connectivity index (χ4n) is 2.48. The number of benzene rings is 1. The van der Waals surface area contributed by atoms with Gasteiger partial charge in [-0.1, -0.05) is 6.42 Å². The second kappa shape index (κ2) is 3.95. The van der Waals surface area contributed by atoms with Crippen LogP contribution in [0.15, 0.2) is 23.1 Å². The summed E-state index contributed by atoms with van der Waals surface area (Å²) in [5.41, 5.74) is 1.92. The van der Waals surface area contributed by atoms with Crippen LogP contribution in [0.2, 0.25) is 0 Å². The Morgan fingerprint density at radius 3 is 2.88 bits per heavy atom. The number of rotatable bonds is 1. The van der Waals surface area contributed by atoms with E-state index in [2.05, 4.69) is 5.32 Å². The fourth-order valence-corrected chi connectivity index (χ4v) is 3.84. The van der Waals surface area contributed by atoms with E-state index in [4.69, 9.17) is 5.11 Å². The molecule has 0 bridgehead atoms. The van der Waals surface area contributed by atoms with E-state index >= 15 is 0 Å². The molecule has 4 heteroatoms. The second-order valence-electron chi connectivity index (χ2n) is 5.01. The first-order chi connectivity index (χ1) is 8.19. The average molecular weight is 249 g/mol. The van der Waals surface area contributed by atoms with Crippen LogP contribution in [-0.4, -0.2) is 23.4 Å². The first-order valence-corrected chi connectivity index (χ1v) is 6.91. The van der Waals surface area contributed by atoms with E-state index in [1.165, 1.54) is 19.3 Å². The topological polar surface area (TPSA) is 49.3 Å². The summed E-state index contributed by atoms with van der Waals surface area (Å²) in [6.07, 6.45) is 3.93. The first-order valence-electron chi connectivity index (χ1n) is 5.93. The standard InChI is InChI=1S/C13H15NO2S/c15-12(16)9-2-3-10-11(6-9)17-8-13(7-14-10)4-1-5-13/h2-3,6,14H,1,4-5,7-8H2,(H,15,16). The van der Waals surface area contributed by atoms with Crippen molar-refractivity contribution in [3.63, 3.8) is 0 Å². The Morgan fingerprint density at radius 2 is 2.24 bits per heavy atom. The average Bonchev–Trinajstić information content (AvgIpc) is 2.46. The van der Waals surface area contributed by atoms with Crippen LogP contribution in [0.3, 0.4) is 0 Å². The van der Waals surface area contributed by atoms with Gasteiger partial charge in [-0.2, -0.15) is 0 Å². The smallest absolute Gasteiger partial charge is 0.335 e. The summed E-state index contributed by atoms with van der Waals surface area (Å²) in [6.45, 7) is 1.03. The van der Waals surface area contributed by atoms with Crippen LogP contribution in [0.25, 0.3) is 0 Å². The third-order valence-corrected chi connectivity index (χ3v) is 5.24. The van der Waals surface area contributed by atoms with Gasteiger partial charge in [-0.05, 0) is 36.5 Å². The van der Waals surface area contributed by atoms with Crippen molar-refractivity contribution in [3.8, 4) is 0 Å². The van der Waals surface area contributed by atoms with Crippen LogP contribution < -0.4 is 5.32 Å². The quantitative estimate of drug-likeness (QED) is 0.803. The van der Waals surface area contributed by atoms with Crippen LogP contribution in [0.1, 0.15) is 29.6 Å². The van der Waals surface area contributed by atoms with Crippen molar-refractivity contribution >= 4 is 23.4 Å². The number of carboxylic acids is 1. The molecule has 0 amide bonds. The van der Waals surface area contributed by atoms with Crippen LogP contribution >= 0.6 is 11.8 Å². The molecule has 0 saturated heterocycles. The van der Waals surface area contributed by atoms with Gasteiger partial charge in [0.05, 0.1) is 5.56 Å². The molecule has 1 aliphatic carbocycles. The molecule has 17 heavy (non-hydrogen) atoms. The van der Waals surface area contributed by atoms with Crippen molar-refractivity contribution < 1.29 is 9.90 Å². The predicted molar refractivity (Wildman–Crippen MR) is 68.9 cm³/mol. The molecule has 2 N–H and O–H groups in total. The van der Waals surface area contributed by atoms with Gasteiger partial charge >= 0.3 is 5.97 Å². The van der Waals surface area contributed by atoms with Gasteiger partial charge in [-0.15, -0.1) is 11.8 Å². The molecule has 0 aromatic heterocycles. The normalized spacial score (nSPS) is 20.9. The molecule has 1 heterocycles. The number of fused-ring (bicyclic) bond motifs is 1. The van der Waals surface area contributed by atoms with Crippen LogP contribution in [0.5, 0.6) is 0 Å². The summed E-state index contributed by atoms with van der Waals surface area (Å²) in [4.78, 5) is 12.0. The molecule has 90 valence electrons. The maximum Gasteiger partial charge on any atom is 0.335 e. The van der Waals surface area contributed by atoms with E-state index in [1.54, 1.807) is 23.9 Å². The third-order valence-electron chi connectivity index (χ3n) is 3.83. The molecule has 3 nitrogen and oxygen atoms in total. The number of hydrogen-bond donors (Lipinski definition) is 2. The number of carboxylic acid groups (broad SMARTS) is 1. The highest BCUT2D eigenvalue weighted by Gasteiger charge is 2.38. The molecule has 0 unspecified atom stereocenters. The molecule has 0 radical (unpaired) electrons. The van der Waals surface area contributed by atoms with Gasteiger partial charge in [0.25, 0.3) is 0 Å². The van der Waals surface area contributed by atoms with E-state index in [9.17, 15) is 4.79 Å². The fraction of sp³-hybridized carbons (Fsp3) is 0.462. The molecule has 0 atom stereocenters. The number of carbonyl (C=O) groups is 1. The van der Waals surface area contributed by atoms with Crippen molar-refractivity contribution in [2.24, 2.45) is 5.41 Å². The summed E-state index contributed by atoms with van der Waals surface area (Å²) in [7, 11) is 0. The number of thioether (sulfide) groups is 1. The maximum atomic E-state index is 10.9. The Balaban J connectivity index is 1.88. The number of anilines is 1. The molecule has 1 fully saturated rings. The SMILES string of the molecule is O=C(O)c1ccc2c(c1)SCC1(CCC1)CN2. The van der Waals surface area contributed by atoms with Crippen molar-refractivity contribution in [3.05, 3.63) is 23.8 Å². The van der Waals surface area contributed by atoms with Crippen LogP contribution in [0.4, 0.5) is 5.69 Å². The lowest BCUT2D eigenvalue weighted by Crippen LogP contribution is -2.37. The monoisotopic (exact) mass is 249 g/mol. The predicted octanol–water partition coefficient (Wildman–Crippen LogP) is 3.07. The molecule has 2 aliphatic rings. The van der Waals surface area contributed by atoms with Crippen LogP contribution in [0, 0.1) is 5.41 Å². The van der Waals surface area contributed by atoms with Crippen molar-refractivity contribution in [2.75, 3.05) is 17.6 Å². The van der Waals surface area contributed by atoms with E-state index in [0.717, 1.165) is 22.9 Å². The van der Waals surface area contributed by atoms with Crippen molar-refractivity contribution in [2.45, 2.75) is 24.2 Å². The Morgan fingerprint density at radius 1 is 1.41 bits per heavy atom. The zero-order chi connectivity index (χ0) is 11.9. The minimum Gasteiger partial charge on any atom is -0.478 e. The van der Waals surface area contributed by atoms with E-state index in [-0.39, 0.29) is 0 Å². The Bertz CT molecular complexity index is 468. The third kappa shape index (κ3) is 1.90. The molecular formula is C13H15NO2S. The van der Waals surface area contributed by atoms with Gasteiger partial charge in [0.1, 0.15) is 0 Å². The minimum absolute atomic E-state index is 0.377. The van der Waals surface area contributed by atoms with Gasteiger partial charge in [-0.3, -0.25) is 0 Å². The van der Waals surface area contributed by atoms with Gasteiger partial charge in [0, 0.05) is 22.9 Å². The molecule has 3 rings (SSSR count). The summed E-state index contributed by atoms with van der Waals surface area (Å²) in [5, 5.41) is 12.5. The lowest BCUT2D eigenvalue weighted by molar-refractivity contribution is 0.0696. The molecule has 1 aromatic rings. The van der Waals surface area contributed by atoms with Gasteiger partial charge in [0.2, 0.25) is 0 Å². The second-order valence-corrected chi connectivity index (χ2v) is 6.03. The number of aromatic carboxylic acids is 1. The van der Waals surface area contributed by atoms with E-state index in [0.29, 0.717) is 11.0 Å². The lowest BCUT2D eigenvalue weighted by atomic mass is 9.70. The molecular weight excluding hydrogens is 234 g/mol. The Kier molecular flexibility index (Phi) is 2.54. The summed E-state index contributed by atoms with van der Waals surface area (Å²) < 4.78 is 0. The van der Waals surface area contributed by atoms with Crippen molar-refractivity contribution in [1.29, 1.82) is 0 Å². The highest BCUT2D eigenvalue weighted by atomic mass is 32.2. The number of nitrogens with one attached hydrogen (secondary N) is 1. The molecule has 1 saturated carbocycles. The van der Waals surface area contributed by atoms with Gasteiger partial charge < -0.3 is 10.4 Å². The minimum atomic E-state index is -0.851. The zero-order valence-electron chi connectivity index (χ0n) is 9.53. The summed E-state index contributed by atoms with van der Waals surface area (Å²) >= 11 is 1.80. The molecule has 1 aliphatic heterocycles. The lowest BCUT2D eigenvalue weighted by Gasteiger charge is -2.40.